The maximum Gasteiger partial charge on any atom is 0.300 e. The predicted octanol–water partition coefficient (Wildman–Crippen LogP) is 2.72. The molecule has 0 amide bonds. The van der Waals surface area contributed by atoms with E-state index in [1.165, 1.54) is 0 Å². The summed E-state index contributed by atoms with van der Waals surface area (Å²) in [4.78, 5) is 29.5. The summed E-state index contributed by atoms with van der Waals surface area (Å²) >= 11 is 0. The number of hydrogen-bond donors (Lipinski definition) is 3. The number of methoxy groups -OCH3 is 1. The fourth-order valence-electron chi connectivity index (χ4n) is 3.70. The number of aliphatic carboxylic acids is 1. The molecule has 2 aromatic carbocycles. The molecule has 10 heteroatoms. The highest BCUT2D eigenvalue weighted by molar-refractivity contribution is 5.97. The van der Waals surface area contributed by atoms with Crippen LogP contribution < -0.4 is 25.5 Å². The van der Waals surface area contributed by atoms with Crippen molar-refractivity contribution in [2.75, 3.05) is 20.4 Å². The van der Waals surface area contributed by atoms with Crippen molar-refractivity contribution in [2.24, 2.45) is 5.73 Å². The minimum absolute atomic E-state index is 0.164. The molecule has 0 spiro atoms. The fourth-order valence-corrected chi connectivity index (χ4v) is 3.70. The molecule has 0 aliphatic carbocycles. The highest BCUT2D eigenvalue weighted by Crippen LogP contribution is 2.36. The summed E-state index contributed by atoms with van der Waals surface area (Å²) in [6.45, 7) is 2.59. The van der Waals surface area contributed by atoms with Crippen LogP contribution in [0.5, 0.6) is 17.2 Å². The Balaban J connectivity index is 0.000000601. The summed E-state index contributed by atoms with van der Waals surface area (Å²) < 4.78 is 18.3. The van der Waals surface area contributed by atoms with Crippen LogP contribution in [0.1, 0.15) is 13.3 Å². The van der Waals surface area contributed by atoms with Crippen molar-refractivity contribution in [3.05, 3.63) is 46.9 Å². The molecule has 33 heavy (non-hydrogen) atoms. The van der Waals surface area contributed by atoms with Crippen LogP contribution in [0.15, 0.2) is 41.3 Å². The Hall–Kier alpha value is -4.05. The smallest absolute Gasteiger partial charge is 0.300 e. The van der Waals surface area contributed by atoms with Gasteiger partial charge in [0, 0.05) is 48.3 Å². The van der Waals surface area contributed by atoms with Gasteiger partial charge < -0.3 is 34.6 Å². The molecule has 2 aromatic heterocycles. The lowest BCUT2D eigenvalue weighted by Crippen LogP contribution is -2.11. The summed E-state index contributed by atoms with van der Waals surface area (Å²) in [5.74, 6) is 1.11. The zero-order valence-electron chi connectivity index (χ0n) is 18.3. The molecule has 0 unspecified atom stereocenters. The second-order valence-corrected chi connectivity index (χ2v) is 7.42. The van der Waals surface area contributed by atoms with E-state index in [2.05, 4.69) is 14.5 Å². The Labute approximate surface area is 188 Å². The quantitative estimate of drug-likeness (QED) is 0.420. The summed E-state index contributed by atoms with van der Waals surface area (Å²) in [6, 6.07) is 9.34. The largest absolute Gasteiger partial charge is 0.497 e. The van der Waals surface area contributed by atoms with Crippen molar-refractivity contribution in [1.82, 2.24) is 14.5 Å². The summed E-state index contributed by atoms with van der Waals surface area (Å²) in [7, 11) is 1.62. The van der Waals surface area contributed by atoms with Crippen LogP contribution in [0.2, 0.25) is 0 Å². The summed E-state index contributed by atoms with van der Waals surface area (Å²) in [6.07, 6.45) is 2.79. The Morgan fingerprint density at radius 2 is 2.00 bits per heavy atom. The zero-order valence-corrected chi connectivity index (χ0v) is 18.3. The SMILES string of the molecule is CC(=O)O.COc1ccc2c(c1)c(-c1nc3cc4c(cc3[nH]c1=O)OCO4)cn2CCCN. The Bertz CT molecular complexity index is 1390. The van der Waals surface area contributed by atoms with E-state index < -0.39 is 5.97 Å². The third-order valence-corrected chi connectivity index (χ3v) is 5.13. The molecule has 4 aromatic rings. The van der Waals surface area contributed by atoms with Crippen LogP contribution in [0.3, 0.4) is 0 Å². The maximum absolute atomic E-state index is 12.9. The minimum atomic E-state index is -0.833. The fraction of sp³-hybridized carbons (Fsp3) is 0.261. The number of aromatic nitrogens is 3. The van der Waals surface area contributed by atoms with Crippen LogP contribution in [0.4, 0.5) is 0 Å². The number of benzene rings is 2. The molecule has 1 aliphatic rings. The van der Waals surface area contributed by atoms with E-state index in [0.717, 1.165) is 42.1 Å². The van der Waals surface area contributed by atoms with Crippen LogP contribution in [-0.2, 0) is 11.3 Å². The second kappa shape index (κ2) is 9.21. The third-order valence-electron chi connectivity index (χ3n) is 5.13. The van der Waals surface area contributed by atoms with Gasteiger partial charge in [0.05, 0.1) is 18.1 Å². The molecular weight excluding hydrogens is 428 g/mol. The molecule has 0 saturated carbocycles. The first kappa shape index (κ1) is 22.2. The van der Waals surface area contributed by atoms with E-state index in [4.69, 9.17) is 29.8 Å². The molecule has 0 atom stereocenters. The number of aryl methyl sites for hydroxylation is 1. The number of carboxylic acid groups (broad SMARTS) is 1. The monoisotopic (exact) mass is 452 g/mol. The number of aromatic amines is 1. The van der Waals surface area contributed by atoms with Gasteiger partial charge in [-0.1, -0.05) is 0 Å². The van der Waals surface area contributed by atoms with Gasteiger partial charge >= 0.3 is 0 Å². The highest BCUT2D eigenvalue weighted by atomic mass is 16.7. The lowest BCUT2D eigenvalue weighted by Gasteiger charge is -2.05. The number of fused-ring (bicyclic) bond motifs is 3. The normalized spacial score (nSPS) is 12.0. The van der Waals surface area contributed by atoms with E-state index in [0.29, 0.717) is 34.8 Å². The van der Waals surface area contributed by atoms with Crippen LogP contribution >= 0.6 is 0 Å². The summed E-state index contributed by atoms with van der Waals surface area (Å²) in [5.41, 5.74) is 8.76. The first-order valence-corrected chi connectivity index (χ1v) is 10.3. The van der Waals surface area contributed by atoms with Gasteiger partial charge in [-0.15, -0.1) is 0 Å². The first-order valence-electron chi connectivity index (χ1n) is 10.3. The predicted molar refractivity (Wildman–Crippen MR) is 123 cm³/mol. The van der Waals surface area contributed by atoms with Crippen molar-refractivity contribution >= 4 is 27.9 Å². The average molecular weight is 452 g/mol. The molecule has 0 fully saturated rings. The van der Waals surface area contributed by atoms with Gasteiger partial charge in [0.2, 0.25) is 6.79 Å². The van der Waals surface area contributed by atoms with Gasteiger partial charge in [0.15, 0.2) is 11.5 Å². The number of nitrogens with two attached hydrogens (primary N) is 1. The zero-order chi connectivity index (χ0) is 23.5. The van der Waals surface area contributed by atoms with E-state index in [1.54, 1.807) is 19.2 Å². The third kappa shape index (κ3) is 4.46. The number of nitrogens with zero attached hydrogens (tertiary/aromatic N) is 2. The molecule has 172 valence electrons. The lowest BCUT2D eigenvalue weighted by atomic mass is 10.1. The number of carbonyl (C=O) groups is 1. The Kier molecular flexibility index (Phi) is 6.18. The molecule has 4 N–H and O–H groups in total. The van der Waals surface area contributed by atoms with Crippen molar-refractivity contribution in [3.8, 4) is 28.5 Å². The molecule has 0 radical (unpaired) electrons. The van der Waals surface area contributed by atoms with E-state index in [-0.39, 0.29) is 12.4 Å². The van der Waals surface area contributed by atoms with Crippen molar-refractivity contribution in [2.45, 2.75) is 19.9 Å². The number of ether oxygens (including phenoxy) is 3. The molecule has 5 rings (SSSR count). The van der Waals surface area contributed by atoms with E-state index in [1.807, 2.05) is 24.4 Å². The number of carboxylic acids is 1. The summed E-state index contributed by atoms with van der Waals surface area (Å²) in [5, 5.41) is 8.32. The second-order valence-electron chi connectivity index (χ2n) is 7.42. The Morgan fingerprint density at radius 3 is 2.70 bits per heavy atom. The van der Waals surface area contributed by atoms with E-state index in [9.17, 15) is 4.79 Å². The molecule has 0 bridgehead atoms. The standard InChI is InChI=1S/C21H20N4O4.C2H4O2/c1-27-12-3-4-17-13(7-12)14(10-25(17)6-2-5-22)20-21(26)24-16-9-19-18(28-11-29-19)8-15(16)23-20;1-2(3)4/h3-4,7-10H,2,5-6,11,22H2,1H3,(H,24,26);1H3,(H,3,4). The topological polar surface area (TPSA) is 142 Å². The number of rotatable bonds is 5. The van der Waals surface area contributed by atoms with Gasteiger partial charge in [-0.05, 0) is 31.2 Å². The van der Waals surface area contributed by atoms with Crippen LogP contribution in [0, 0.1) is 0 Å². The van der Waals surface area contributed by atoms with Crippen molar-refractivity contribution in [1.29, 1.82) is 0 Å². The van der Waals surface area contributed by atoms with Crippen LogP contribution in [-0.4, -0.2) is 46.1 Å². The molecular formula is C23H24N4O6. The average Bonchev–Trinajstić information content (AvgIpc) is 3.38. The number of hydrogen-bond acceptors (Lipinski definition) is 7. The minimum Gasteiger partial charge on any atom is -0.497 e. The number of nitrogens with one attached hydrogen (secondary N) is 1. The molecule has 0 saturated heterocycles. The van der Waals surface area contributed by atoms with E-state index >= 15 is 0 Å². The van der Waals surface area contributed by atoms with Gasteiger partial charge in [-0.2, -0.15) is 0 Å². The van der Waals surface area contributed by atoms with Crippen LogP contribution in [0.25, 0.3) is 33.2 Å². The van der Waals surface area contributed by atoms with Gasteiger partial charge in [0.1, 0.15) is 11.4 Å². The van der Waals surface area contributed by atoms with Gasteiger partial charge in [-0.3, -0.25) is 9.59 Å². The molecule has 3 heterocycles. The Morgan fingerprint density at radius 1 is 1.27 bits per heavy atom. The first-order chi connectivity index (χ1) is 15.9. The van der Waals surface area contributed by atoms with Crippen molar-refractivity contribution < 1.29 is 24.1 Å². The van der Waals surface area contributed by atoms with Crippen molar-refractivity contribution in [3.63, 3.8) is 0 Å². The van der Waals surface area contributed by atoms with Gasteiger partial charge in [-0.25, -0.2) is 4.98 Å². The maximum atomic E-state index is 12.9. The highest BCUT2D eigenvalue weighted by Gasteiger charge is 2.19. The lowest BCUT2D eigenvalue weighted by molar-refractivity contribution is -0.134. The molecule has 10 nitrogen and oxygen atoms in total. The molecule has 1 aliphatic heterocycles. The van der Waals surface area contributed by atoms with Gasteiger partial charge in [0.25, 0.3) is 11.5 Å². The number of H-pyrrole nitrogens is 1.